The summed E-state index contributed by atoms with van der Waals surface area (Å²) in [6, 6.07) is 6.32. The maximum atomic E-state index is 5.85. The third kappa shape index (κ3) is 8.69. The molecule has 4 nitrogen and oxygen atoms in total. The van der Waals surface area contributed by atoms with Crippen LogP contribution in [0.25, 0.3) is 0 Å². The quantitative estimate of drug-likeness (QED) is 0.359. The second-order valence-corrected chi connectivity index (χ2v) is 6.59. The lowest BCUT2D eigenvalue weighted by atomic mass is 10.1. The van der Waals surface area contributed by atoms with E-state index in [1.165, 1.54) is 5.56 Å². The first-order valence-corrected chi connectivity index (χ1v) is 9.09. The Morgan fingerprint density at radius 1 is 1.35 bits per heavy atom. The molecule has 0 bridgehead atoms. The molecule has 1 aromatic rings. The van der Waals surface area contributed by atoms with Gasteiger partial charge in [-0.2, -0.15) is 11.8 Å². The highest BCUT2D eigenvalue weighted by Crippen LogP contribution is 2.20. The van der Waals surface area contributed by atoms with E-state index in [-0.39, 0.29) is 24.0 Å². The molecule has 0 heterocycles. The van der Waals surface area contributed by atoms with Crippen LogP contribution in [-0.2, 0) is 6.54 Å². The van der Waals surface area contributed by atoms with E-state index >= 15 is 0 Å². The highest BCUT2D eigenvalue weighted by Gasteiger charge is 2.06. The van der Waals surface area contributed by atoms with Gasteiger partial charge in [-0.1, -0.05) is 26.0 Å². The van der Waals surface area contributed by atoms with Gasteiger partial charge in [-0.3, -0.25) is 4.99 Å². The fourth-order valence-corrected chi connectivity index (χ4v) is 2.13. The first kappa shape index (κ1) is 22.4. The fourth-order valence-electron chi connectivity index (χ4n) is 1.88. The summed E-state index contributed by atoms with van der Waals surface area (Å²) in [4.78, 5) is 4.26. The number of hydrogen-bond donors (Lipinski definition) is 2. The molecule has 0 aliphatic heterocycles. The molecule has 0 spiro atoms. The van der Waals surface area contributed by atoms with Gasteiger partial charge in [0.25, 0.3) is 0 Å². The van der Waals surface area contributed by atoms with Crippen LogP contribution < -0.4 is 15.4 Å². The van der Waals surface area contributed by atoms with Crippen LogP contribution in [0, 0.1) is 6.92 Å². The van der Waals surface area contributed by atoms with Crippen LogP contribution in [0.1, 0.15) is 31.4 Å². The zero-order valence-electron chi connectivity index (χ0n) is 14.8. The zero-order valence-corrected chi connectivity index (χ0v) is 18.0. The summed E-state index contributed by atoms with van der Waals surface area (Å²) in [7, 11) is 1.79. The van der Waals surface area contributed by atoms with E-state index in [4.69, 9.17) is 4.74 Å². The number of benzene rings is 1. The number of aliphatic imine (C=N–C) groups is 1. The Kier molecular flexibility index (Phi) is 12.4. The molecule has 1 atom stereocenters. The van der Waals surface area contributed by atoms with E-state index in [0.29, 0.717) is 11.8 Å². The van der Waals surface area contributed by atoms with E-state index in [0.717, 1.165) is 36.8 Å². The molecular formula is C17H30IN3OS. The number of hydrogen-bond acceptors (Lipinski definition) is 3. The van der Waals surface area contributed by atoms with Crippen LogP contribution in [0.5, 0.6) is 5.75 Å². The Bertz CT molecular complexity index is 483. The fraction of sp³-hybridized carbons (Fsp3) is 0.588. The Labute approximate surface area is 162 Å². The molecule has 6 heteroatoms. The number of rotatable bonds is 8. The van der Waals surface area contributed by atoms with Crippen molar-refractivity contribution in [2.45, 2.75) is 39.0 Å². The first-order chi connectivity index (χ1) is 10.6. The molecule has 1 unspecified atom stereocenters. The van der Waals surface area contributed by atoms with E-state index < -0.39 is 0 Å². The van der Waals surface area contributed by atoms with Gasteiger partial charge in [0, 0.05) is 31.0 Å². The van der Waals surface area contributed by atoms with Gasteiger partial charge in [0.2, 0.25) is 0 Å². The van der Waals surface area contributed by atoms with Crippen molar-refractivity contribution in [2.75, 3.05) is 26.5 Å². The minimum atomic E-state index is 0. The lowest BCUT2D eigenvalue weighted by Gasteiger charge is -2.16. The molecule has 1 aromatic carbocycles. The topological polar surface area (TPSA) is 45.6 Å². The molecule has 0 aromatic heterocycles. The van der Waals surface area contributed by atoms with Crippen LogP contribution in [0.3, 0.4) is 0 Å². The third-order valence-corrected chi connectivity index (χ3v) is 4.28. The smallest absolute Gasteiger partial charge is 0.191 e. The molecule has 0 amide bonds. The molecule has 0 aliphatic rings. The SMILES string of the molecule is CCCOc1cc(C)ccc1CNC(=NC)NCC(C)SC.I. The number of nitrogens with one attached hydrogen (secondary N) is 2. The summed E-state index contributed by atoms with van der Waals surface area (Å²) in [5.74, 6) is 1.78. The predicted octanol–water partition coefficient (Wildman–Crippen LogP) is 3.82. The van der Waals surface area contributed by atoms with E-state index in [9.17, 15) is 0 Å². The van der Waals surface area contributed by atoms with Crippen molar-refractivity contribution in [1.29, 1.82) is 0 Å². The first-order valence-electron chi connectivity index (χ1n) is 7.80. The van der Waals surface area contributed by atoms with Crippen LogP contribution in [-0.4, -0.2) is 37.7 Å². The molecule has 0 aliphatic carbocycles. The Hall–Kier alpha value is -0.630. The largest absolute Gasteiger partial charge is 0.493 e. The molecule has 0 saturated carbocycles. The van der Waals surface area contributed by atoms with Gasteiger partial charge in [0.15, 0.2) is 5.96 Å². The second-order valence-electron chi connectivity index (χ2n) is 5.31. The maximum absolute atomic E-state index is 5.85. The lowest BCUT2D eigenvalue weighted by Crippen LogP contribution is -2.39. The van der Waals surface area contributed by atoms with Gasteiger partial charge in [0.1, 0.15) is 5.75 Å². The molecule has 0 saturated heterocycles. The molecule has 0 radical (unpaired) electrons. The van der Waals surface area contributed by atoms with Crippen LogP contribution in [0.4, 0.5) is 0 Å². The third-order valence-electron chi connectivity index (χ3n) is 3.31. The number of ether oxygens (including phenoxy) is 1. The lowest BCUT2D eigenvalue weighted by molar-refractivity contribution is 0.313. The molecule has 132 valence electrons. The predicted molar refractivity (Wildman–Crippen MR) is 114 cm³/mol. The number of nitrogens with zero attached hydrogens (tertiary/aromatic N) is 1. The van der Waals surface area contributed by atoms with Gasteiger partial charge in [0.05, 0.1) is 6.61 Å². The molecule has 23 heavy (non-hydrogen) atoms. The Morgan fingerprint density at radius 2 is 2.09 bits per heavy atom. The van der Waals surface area contributed by atoms with Gasteiger partial charge in [-0.05, 0) is 31.2 Å². The minimum absolute atomic E-state index is 0. The van der Waals surface area contributed by atoms with Crippen molar-refractivity contribution in [3.63, 3.8) is 0 Å². The number of halogens is 1. The van der Waals surface area contributed by atoms with Gasteiger partial charge in [-0.25, -0.2) is 0 Å². The monoisotopic (exact) mass is 451 g/mol. The van der Waals surface area contributed by atoms with Crippen molar-refractivity contribution < 1.29 is 4.74 Å². The van der Waals surface area contributed by atoms with Crippen molar-refractivity contribution in [3.8, 4) is 5.75 Å². The Morgan fingerprint density at radius 3 is 2.70 bits per heavy atom. The van der Waals surface area contributed by atoms with Crippen molar-refractivity contribution in [3.05, 3.63) is 29.3 Å². The minimum Gasteiger partial charge on any atom is -0.493 e. The van der Waals surface area contributed by atoms with Gasteiger partial charge >= 0.3 is 0 Å². The number of thioether (sulfide) groups is 1. The standard InChI is InChI=1S/C17H29N3OS.HI/c1-6-9-21-16-10-13(2)7-8-15(16)12-20-17(18-4)19-11-14(3)22-5;/h7-8,10,14H,6,9,11-12H2,1-5H3,(H2,18,19,20);1H. The molecular weight excluding hydrogens is 421 g/mol. The van der Waals surface area contributed by atoms with Crippen LogP contribution >= 0.6 is 35.7 Å². The second kappa shape index (κ2) is 12.8. The van der Waals surface area contributed by atoms with Gasteiger partial charge < -0.3 is 15.4 Å². The van der Waals surface area contributed by atoms with Crippen LogP contribution in [0.15, 0.2) is 23.2 Å². The summed E-state index contributed by atoms with van der Waals surface area (Å²) in [5, 5.41) is 7.25. The zero-order chi connectivity index (χ0) is 16.4. The molecule has 2 N–H and O–H groups in total. The van der Waals surface area contributed by atoms with E-state index in [2.05, 4.69) is 60.9 Å². The van der Waals surface area contributed by atoms with Crippen LogP contribution in [0.2, 0.25) is 0 Å². The average molecular weight is 451 g/mol. The normalized spacial score (nSPS) is 12.3. The number of guanidine groups is 1. The summed E-state index contributed by atoms with van der Waals surface area (Å²) < 4.78 is 5.85. The summed E-state index contributed by atoms with van der Waals surface area (Å²) in [5.41, 5.74) is 2.37. The van der Waals surface area contributed by atoms with Gasteiger partial charge in [-0.15, -0.1) is 24.0 Å². The summed E-state index contributed by atoms with van der Waals surface area (Å²) >= 11 is 1.84. The van der Waals surface area contributed by atoms with Crippen molar-refractivity contribution in [2.24, 2.45) is 4.99 Å². The van der Waals surface area contributed by atoms with E-state index in [1.807, 2.05) is 11.8 Å². The highest BCUT2D eigenvalue weighted by molar-refractivity contribution is 14.0. The highest BCUT2D eigenvalue weighted by atomic mass is 127. The van der Waals surface area contributed by atoms with Crippen molar-refractivity contribution >= 4 is 41.7 Å². The molecule has 0 fully saturated rings. The maximum Gasteiger partial charge on any atom is 0.191 e. The van der Waals surface area contributed by atoms with E-state index in [1.54, 1.807) is 7.05 Å². The molecule has 1 rings (SSSR count). The average Bonchev–Trinajstić information content (AvgIpc) is 2.53. The summed E-state index contributed by atoms with van der Waals surface area (Å²) in [6.45, 7) is 8.74. The number of aryl methyl sites for hydroxylation is 1. The summed E-state index contributed by atoms with van der Waals surface area (Å²) in [6.07, 6.45) is 3.13. The van der Waals surface area contributed by atoms with Crippen molar-refractivity contribution in [1.82, 2.24) is 10.6 Å². The Balaban J connectivity index is 0.00000484.